The summed E-state index contributed by atoms with van der Waals surface area (Å²) in [6.45, 7) is 1.66. The second-order valence-corrected chi connectivity index (χ2v) is 5.37. The number of benzene rings is 1. The lowest BCUT2D eigenvalue weighted by molar-refractivity contribution is -0.142. The van der Waals surface area contributed by atoms with Gasteiger partial charge in [-0.3, -0.25) is 4.79 Å². The van der Waals surface area contributed by atoms with Crippen LogP contribution in [0.15, 0.2) is 0 Å². The zero-order valence-corrected chi connectivity index (χ0v) is 12.5. The van der Waals surface area contributed by atoms with E-state index in [1.165, 1.54) is 0 Å². The second kappa shape index (κ2) is 8.24. The summed E-state index contributed by atoms with van der Waals surface area (Å²) in [7, 11) is 0. The highest BCUT2D eigenvalue weighted by Gasteiger charge is 2.26. The molecule has 1 rings (SSSR count). The fraction of sp³-hybridized carbons (Fsp3) is 0.533. The number of halogens is 5. The molecule has 0 aliphatic rings. The molecule has 23 heavy (non-hydrogen) atoms. The molecule has 0 saturated heterocycles. The maximum atomic E-state index is 13.6. The van der Waals surface area contributed by atoms with Gasteiger partial charge in [0.2, 0.25) is 5.82 Å². The van der Waals surface area contributed by atoms with Crippen LogP contribution in [0.1, 0.15) is 31.7 Å². The molecule has 0 heterocycles. The molecule has 3 nitrogen and oxygen atoms in total. The quantitative estimate of drug-likeness (QED) is 0.433. The molecule has 0 aliphatic heterocycles. The average Bonchev–Trinajstić information content (AvgIpc) is 2.53. The van der Waals surface area contributed by atoms with Crippen LogP contribution in [-0.4, -0.2) is 17.6 Å². The van der Waals surface area contributed by atoms with Crippen LogP contribution in [0.2, 0.25) is 0 Å². The van der Waals surface area contributed by atoms with Crippen molar-refractivity contribution in [2.45, 2.75) is 32.6 Å². The number of hydrogen-bond acceptors (Lipinski definition) is 2. The highest BCUT2D eigenvalue weighted by Crippen LogP contribution is 2.27. The maximum Gasteiger partial charge on any atom is 0.307 e. The first kappa shape index (κ1) is 19.3. The number of nitrogens with two attached hydrogens (primary N) is 1. The molecule has 1 aromatic rings. The first-order valence-corrected chi connectivity index (χ1v) is 7.17. The zero-order chi connectivity index (χ0) is 17.7. The van der Waals surface area contributed by atoms with Gasteiger partial charge in [-0.25, -0.2) is 22.0 Å². The highest BCUT2D eigenvalue weighted by atomic mass is 19.2. The molecular weight excluding hydrogens is 321 g/mol. The first-order chi connectivity index (χ1) is 10.7. The fourth-order valence-electron chi connectivity index (χ4n) is 2.41. The van der Waals surface area contributed by atoms with E-state index >= 15 is 0 Å². The number of carbonyl (C=O) groups is 1. The summed E-state index contributed by atoms with van der Waals surface area (Å²) >= 11 is 0. The summed E-state index contributed by atoms with van der Waals surface area (Å²) in [5.41, 5.74) is 4.47. The Bertz CT molecular complexity index is 550. The molecule has 1 aromatic carbocycles. The lowest BCUT2D eigenvalue weighted by Gasteiger charge is -2.19. The Kier molecular flexibility index (Phi) is 6.93. The number of hydrogen-bond donors (Lipinski definition) is 2. The van der Waals surface area contributed by atoms with E-state index < -0.39 is 46.5 Å². The topological polar surface area (TPSA) is 63.3 Å². The van der Waals surface area contributed by atoms with Gasteiger partial charge in [-0.2, -0.15) is 0 Å². The van der Waals surface area contributed by atoms with E-state index in [0.717, 1.165) is 0 Å². The van der Waals surface area contributed by atoms with Crippen LogP contribution in [0.25, 0.3) is 0 Å². The third kappa shape index (κ3) is 4.40. The van der Waals surface area contributed by atoms with Crippen LogP contribution in [0.5, 0.6) is 0 Å². The van der Waals surface area contributed by atoms with Gasteiger partial charge in [0.25, 0.3) is 0 Å². The van der Waals surface area contributed by atoms with Crippen LogP contribution in [0.3, 0.4) is 0 Å². The van der Waals surface area contributed by atoms with E-state index in [1.807, 2.05) is 0 Å². The molecule has 8 heteroatoms. The highest BCUT2D eigenvalue weighted by molar-refractivity contribution is 5.70. The van der Waals surface area contributed by atoms with Crippen molar-refractivity contribution in [2.75, 3.05) is 6.54 Å². The Morgan fingerprint density at radius 1 is 1.04 bits per heavy atom. The van der Waals surface area contributed by atoms with Gasteiger partial charge in [-0.15, -0.1) is 0 Å². The number of carboxylic acid groups (broad SMARTS) is 1. The number of aliphatic carboxylic acids is 1. The molecule has 0 aromatic heterocycles. The van der Waals surface area contributed by atoms with Crippen LogP contribution in [0.4, 0.5) is 22.0 Å². The van der Waals surface area contributed by atoms with Crippen LogP contribution < -0.4 is 5.73 Å². The molecule has 0 aliphatic carbocycles. The van der Waals surface area contributed by atoms with E-state index in [2.05, 4.69) is 0 Å². The molecule has 0 bridgehead atoms. The average molecular weight is 339 g/mol. The second-order valence-electron chi connectivity index (χ2n) is 5.37. The molecule has 0 saturated carbocycles. The predicted octanol–water partition coefficient (Wildman–Crippen LogP) is 3.39. The SMILES string of the molecule is CCC(CCc1c(F)c(F)c(F)c(F)c1F)CC(CN)C(=O)O. The molecule has 0 spiro atoms. The van der Waals surface area contributed by atoms with Gasteiger partial charge >= 0.3 is 5.97 Å². The molecular formula is C15H18F5NO2. The van der Waals surface area contributed by atoms with E-state index in [4.69, 9.17) is 10.8 Å². The lowest BCUT2D eigenvalue weighted by Crippen LogP contribution is -2.26. The molecule has 3 N–H and O–H groups in total. The van der Waals surface area contributed by atoms with Crippen molar-refractivity contribution >= 4 is 5.97 Å². The van der Waals surface area contributed by atoms with Crippen molar-refractivity contribution in [3.05, 3.63) is 34.6 Å². The minimum absolute atomic E-state index is 0.0889. The number of rotatable bonds is 8. The Morgan fingerprint density at radius 3 is 1.91 bits per heavy atom. The summed E-state index contributed by atoms with van der Waals surface area (Å²) in [6.07, 6.45) is 0.400. The van der Waals surface area contributed by atoms with Crippen molar-refractivity contribution in [2.24, 2.45) is 17.6 Å². The molecule has 0 amide bonds. The molecule has 2 unspecified atom stereocenters. The fourth-order valence-corrected chi connectivity index (χ4v) is 2.41. The molecule has 2 atom stereocenters. The standard InChI is InChI=1S/C15H18F5NO2/c1-2-7(5-8(6-21)15(22)23)3-4-9-10(16)12(18)14(20)13(19)11(9)17/h7-8H,2-6,21H2,1H3,(H,22,23). The van der Waals surface area contributed by atoms with E-state index in [9.17, 15) is 26.7 Å². The van der Waals surface area contributed by atoms with Gasteiger partial charge in [-0.1, -0.05) is 13.3 Å². The Balaban J connectivity index is 2.90. The normalized spacial score (nSPS) is 13.9. The Labute approximate surface area is 130 Å². The van der Waals surface area contributed by atoms with Crippen LogP contribution >= 0.6 is 0 Å². The van der Waals surface area contributed by atoms with Gasteiger partial charge in [-0.05, 0) is 25.2 Å². The third-order valence-corrected chi connectivity index (χ3v) is 3.93. The smallest absolute Gasteiger partial charge is 0.307 e. The van der Waals surface area contributed by atoms with E-state index in [0.29, 0.717) is 6.42 Å². The van der Waals surface area contributed by atoms with Crippen molar-refractivity contribution in [3.8, 4) is 0 Å². The van der Waals surface area contributed by atoms with E-state index in [-0.39, 0.29) is 31.7 Å². The Hall–Kier alpha value is -1.70. The third-order valence-electron chi connectivity index (χ3n) is 3.93. The minimum atomic E-state index is -2.19. The van der Waals surface area contributed by atoms with Gasteiger partial charge in [0.05, 0.1) is 5.92 Å². The minimum Gasteiger partial charge on any atom is -0.481 e. The summed E-state index contributed by atoms with van der Waals surface area (Å²) in [4.78, 5) is 11.0. The van der Waals surface area contributed by atoms with Gasteiger partial charge in [0.15, 0.2) is 23.3 Å². The van der Waals surface area contributed by atoms with Crippen LogP contribution in [-0.2, 0) is 11.2 Å². The monoisotopic (exact) mass is 339 g/mol. The van der Waals surface area contributed by atoms with Crippen LogP contribution in [0, 0.1) is 40.9 Å². The van der Waals surface area contributed by atoms with Gasteiger partial charge < -0.3 is 10.8 Å². The number of carboxylic acids is 1. The predicted molar refractivity (Wildman–Crippen MR) is 73.1 cm³/mol. The van der Waals surface area contributed by atoms with Gasteiger partial charge in [0, 0.05) is 12.1 Å². The molecule has 130 valence electrons. The summed E-state index contributed by atoms with van der Waals surface area (Å²) in [5.74, 6) is -12.0. The first-order valence-electron chi connectivity index (χ1n) is 7.17. The van der Waals surface area contributed by atoms with E-state index in [1.54, 1.807) is 6.92 Å². The van der Waals surface area contributed by atoms with Gasteiger partial charge in [0.1, 0.15) is 0 Å². The summed E-state index contributed by atoms with van der Waals surface area (Å²) in [5, 5.41) is 8.95. The van der Waals surface area contributed by atoms with Crippen molar-refractivity contribution < 1.29 is 31.9 Å². The summed E-state index contributed by atoms with van der Waals surface area (Å²) in [6, 6.07) is 0. The van der Waals surface area contributed by atoms with Crippen molar-refractivity contribution in [3.63, 3.8) is 0 Å². The molecule has 0 radical (unpaired) electrons. The maximum absolute atomic E-state index is 13.6. The lowest BCUT2D eigenvalue weighted by atomic mass is 9.87. The van der Waals surface area contributed by atoms with Crippen molar-refractivity contribution in [1.82, 2.24) is 0 Å². The largest absolute Gasteiger partial charge is 0.481 e. The molecule has 0 fully saturated rings. The Morgan fingerprint density at radius 2 is 1.52 bits per heavy atom. The summed E-state index contributed by atoms with van der Waals surface area (Å²) < 4.78 is 66.4. The zero-order valence-electron chi connectivity index (χ0n) is 12.5. The van der Waals surface area contributed by atoms with Crippen molar-refractivity contribution in [1.29, 1.82) is 0 Å².